The Balaban J connectivity index is 2.19. The lowest BCUT2D eigenvalue weighted by molar-refractivity contribution is 0.0904. The first-order chi connectivity index (χ1) is 9.65. The zero-order chi connectivity index (χ0) is 14.5. The Morgan fingerprint density at radius 3 is 2.90 bits per heavy atom. The van der Waals surface area contributed by atoms with Crippen molar-refractivity contribution in [1.29, 1.82) is 0 Å². The Bertz CT molecular complexity index is 583. The number of amides is 1. The van der Waals surface area contributed by atoms with Gasteiger partial charge in [-0.05, 0) is 30.3 Å². The number of carbonyl (C=O) groups excluding carboxylic acids is 1. The average Bonchev–Trinajstić information content (AvgIpc) is 2.98. The van der Waals surface area contributed by atoms with Crippen LogP contribution in [-0.4, -0.2) is 24.7 Å². The second kappa shape index (κ2) is 6.58. The molecule has 1 atom stereocenters. The molecule has 1 aromatic carbocycles. The summed E-state index contributed by atoms with van der Waals surface area (Å²) < 4.78 is 11.2. The molecule has 0 saturated heterocycles. The maximum absolute atomic E-state index is 12.2. The van der Waals surface area contributed by atoms with Gasteiger partial charge in [-0.1, -0.05) is 15.9 Å². The molecule has 2 aromatic rings. The van der Waals surface area contributed by atoms with Crippen molar-refractivity contribution in [3.63, 3.8) is 0 Å². The second-order valence-corrected chi connectivity index (χ2v) is 4.98. The number of carbonyl (C=O) groups is 1. The van der Waals surface area contributed by atoms with Gasteiger partial charge >= 0.3 is 0 Å². The SMILES string of the molecule is COc1cc(Br)ccc1C(=O)NC(CO)c1ccco1. The Hall–Kier alpha value is -1.79. The first-order valence-corrected chi connectivity index (χ1v) is 6.73. The molecule has 1 aromatic heterocycles. The van der Waals surface area contributed by atoms with E-state index in [0.29, 0.717) is 17.1 Å². The van der Waals surface area contributed by atoms with Crippen molar-refractivity contribution in [3.05, 3.63) is 52.4 Å². The van der Waals surface area contributed by atoms with Gasteiger partial charge in [-0.2, -0.15) is 0 Å². The number of furan rings is 1. The van der Waals surface area contributed by atoms with Crippen molar-refractivity contribution in [1.82, 2.24) is 5.32 Å². The van der Waals surface area contributed by atoms with Crippen molar-refractivity contribution in [2.75, 3.05) is 13.7 Å². The lowest BCUT2D eigenvalue weighted by atomic mass is 10.1. The fraction of sp³-hybridized carbons (Fsp3) is 0.214. The summed E-state index contributed by atoms with van der Waals surface area (Å²) in [7, 11) is 1.49. The van der Waals surface area contributed by atoms with Gasteiger partial charge < -0.3 is 19.6 Å². The van der Waals surface area contributed by atoms with Crippen LogP contribution in [0.25, 0.3) is 0 Å². The summed E-state index contributed by atoms with van der Waals surface area (Å²) in [5.74, 6) is 0.606. The predicted molar refractivity (Wildman–Crippen MR) is 76.7 cm³/mol. The molecule has 2 rings (SSSR count). The van der Waals surface area contributed by atoms with Gasteiger partial charge in [0.25, 0.3) is 5.91 Å². The summed E-state index contributed by atoms with van der Waals surface area (Å²) in [5.41, 5.74) is 0.390. The van der Waals surface area contributed by atoms with Crippen LogP contribution in [0.4, 0.5) is 0 Å². The number of rotatable bonds is 5. The molecule has 0 spiro atoms. The summed E-state index contributed by atoms with van der Waals surface area (Å²) in [6.45, 7) is -0.252. The van der Waals surface area contributed by atoms with Gasteiger partial charge in [0.15, 0.2) is 0 Å². The minimum Gasteiger partial charge on any atom is -0.496 e. The molecule has 1 amide bonds. The van der Waals surface area contributed by atoms with Crippen LogP contribution >= 0.6 is 15.9 Å². The number of aliphatic hydroxyl groups is 1. The zero-order valence-electron chi connectivity index (χ0n) is 10.8. The molecule has 0 fully saturated rings. The van der Waals surface area contributed by atoms with Crippen molar-refractivity contribution >= 4 is 21.8 Å². The van der Waals surface area contributed by atoms with Gasteiger partial charge in [-0.25, -0.2) is 0 Å². The van der Waals surface area contributed by atoms with E-state index in [9.17, 15) is 9.90 Å². The molecular formula is C14H14BrNO4. The third-order valence-electron chi connectivity index (χ3n) is 2.78. The first kappa shape index (κ1) is 14.6. The van der Waals surface area contributed by atoms with Crippen molar-refractivity contribution in [2.24, 2.45) is 0 Å². The van der Waals surface area contributed by atoms with Gasteiger partial charge in [0.05, 0.1) is 25.5 Å². The number of aliphatic hydroxyl groups excluding tert-OH is 1. The normalized spacial score (nSPS) is 11.9. The van der Waals surface area contributed by atoms with Gasteiger partial charge in [0.1, 0.15) is 17.6 Å². The van der Waals surface area contributed by atoms with Crippen LogP contribution in [-0.2, 0) is 0 Å². The Kier molecular flexibility index (Phi) is 4.81. The quantitative estimate of drug-likeness (QED) is 0.877. The Morgan fingerprint density at radius 1 is 1.50 bits per heavy atom. The van der Waals surface area contributed by atoms with Crippen molar-refractivity contribution in [2.45, 2.75) is 6.04 Å². The number of ether oxygens (including phenoxy) is 1. The van der Waals surface area contributed by atoms with E-state index in [1.807, 2.05) is 0 Å². The van der Waals surface area contributed by atoms with Crippen molar-refractivity contribution < 1.29 is 19.1 Å². The van der Waals surface area contributed by atoms with E-state index in [4.69, 9.17) is 9.15 Å². The third-order valence-corrected chi connectivity index (χ3v) is 3.28. The fourth-order valence-corrected chi connectivity index (χ4v) is 2.13. The maximum Gasteiger partial charge on any atom is 0.255 e. The molecule has 0 saturated carbocycles. The summed E-state index contributed by atoms with van der Waals surface area (Å²) in [6.07, 6.45) is 1.49. The summed E-state index contributed by atoms with van der Waals surface area (Å²) in [5, 5.41) is 12.1. The smallest absolute Gasteiger partial charge is 0.255 e. The number of hydrogen-bond acceptors (Lipinski definition) is 4. The minimum atomic E-state index is -0.592. The minimum absolute atomic E-state index is 0.252. The molecule has 0 aliphatic heterocycles. The van der Waals surface area contributed by atoms with E-state index < -0.39 is 6.04 Å². The highest BCUT2D eigenvalue weighted by Gasteiger charge is 2.19. The zero-order valence-corrected chi connectivity index (χ0v) is 12.4. The third kappa shape index (κ3) is 3.20. The van der Waals surface area contributed by atoms with Crippen LogP contribution in [0.2, 0.25) is 0 Å². The molecule has 2 N–H and O–H groups in total. The molecule has 0 bridgehead atoms. The van der Waals surface area contributed by atoms with Gasteiger partial charge in [0.2, 0.25) is 0 Å². The topological polar surface area (TPSA) is 71.7 Å². The van der Waals surface area contributed by atoms with E-state index in [0.717, 1.165) is 4.47 Å². The summed E-state index contributed by atoms with van der Waals surface area (Å²) in [6, 6.07) is 7.90. The van der Waals surface area contributed by atoms with Crippen molar-refractivity contribution in [3.8, 4) is 5.75 Å². The largest absolute Gasteiger partial charge is 0.496 e. The van der Waals surface area contributed by atoms with E-state index in [-0.39, 0.29) is 12.5 Å². The van der Waals surface area contributed by atoms with Crippen LogP contribution in [0.1, 0.15) is 22.2 Å². The standard InChI is InChI=1S/C14H14BrNO4/c1-19-13-7-9(15)4-5-10(13)14(18)16-11(8-17)12-3-2-6-20-12/h2-7,11,17H,8H2,1H3,(H,16,18). The number of benzene rings is 1. The van der Waals surface area contributed by atoms with Gasteiger partial charge in [-0.3, -0.25) is 4.79 Å². The van der Waals surface area contributed by atoms with Crippen LogP contribution in [0.15, 0.2) is 45.5 Å². The molecule has 0 aliphatic rings. The average molecular weight is 340 g/mol. The Labute approximate surface area is 124 Å². The van der Waals surface area contributed by atoms with E-state index in [1.54, 1.807) is 30.3 Å². The monoisotopic (exact) mass is 339 g/mol. The van der Waals surface area contributed by atoms with Crippen LogP contribution < -0.4 is 10.1 Å². The number of hydrogen-bond donors (Lipinski definition) is 2. The van der Waals surface area contributed by atoms with Gasteiger partial charge in [0, 0.05) is 4.47 Å². The first-order valence-electron chi connectivity index (χ1n) is 5.94. The van der Waals surface area contributed by atoms with E-state index in [2.05, 4.69) is 21.2 Å². The second-order valence-electron chi connectivity index (χ2n) is 4.07. The highest BCUT2D eigenvalue weighted by atomic mass is 79.9. The molecule has 20 heavy (non-hydrogen) atoms. The molecule has 0 aliphatic carbocycles. The molecule has 6 heteroatoms. The predicted octanol–water partition coefficient (Wildman–Crippen LogP) is 2.51. The highest BCUT2D eigenvalue weighted by Crippen LogP contribution is 2.24. The molecule has 5 nitrogen and oxygen atoms in total. The number of nitrogens with one attached hydrogen (secondary N) is 1. The lowest BCUT2D eigenvalue weighted by Gasteiger charge is -2.15. The van der Waals surface area contributed by atoms with Crippen LogP contribution in [0.3, 0.4) is 0 Å². The molecular weight excluding hydrogens is 326 g/mol. The Morgan fingerprint density at radius 2 is 2.30 bits per heavy atom. The molecule has 1 unspecified atom stereocenters. The highest BCUT2D eigenvalue weighted by molar-refractivity contribution is 9.10. The lowest BCUT2D eigenvalue weighted by Crippen LogP contribution is -2.30. The maximum atomic E-state index is 12.2. The van der Waals surface area contributed by atoms with E-state index >= 15 is 0 Å². The fourth-order valence-electron chi connectivity index (χ4n) is 1.78. The van der Waals surface area contributed by atoms with Crippen LogP contribution in [0, 0.1) is 0 Å². The molecule has 1 heterocycles. The molecule has 106 valence electrons. The van der Waals surface area contributed by atoms with Gasteiger partial charge in [-0.15, -0.1) is 0 Å². The number of halogens is 1. The van der Waals surface area contributed by atoms with Crippen LogP contribution in [0.5, 0.6) is 5.75 Å². The number of methoxy groups -OCH3 is 1. The molecule has 0 radical (unpaired) electrons. The summed E-state index contributed by atoms with van der Waals surface area (Å²) >= 11 is 3.32. The summed E-state index contributed by atoms with van der Waals surface area (Å²) in [4.78, 5) is 12.2. The van der Waals surface area contributed by atoms with E-state index in [1.165, 1.54) is 13.4 Å².